The molecule has 2 heteroatoms. The van der Waals surface area contributed by atoms with Crippen LogP contribution >= 0.6 is 0 Å². The van der Waals surface area contributed by atoms with Gasteiger partial charge in [0.15, 0.2) is 0 Å². The van der Waals surface area contributed by atoms with Gasteiger partial charge in [0.05, 0.1) is 0 Å². The molecule has 0 aromatic heterocycles. The lowest BCUT2D eigenvalue weighted by Crippen LogP contribution is -2.38. The zero-order valence-corrected chi connectivity index (χ0v) is 10.5. The van der Waals surface area contributed by atoms with E-state index in [1.807, 2.05) is 0 Å². The maximum Gasteiger partial charge on any atom is 0.0404 e. The van der Waals surface area contributed by atoms with Crippen molar-refractivity contribution in [2.24, 2.45) is 5.73 Å². The van der Waals surface area contributed by atoms with E-state index in [1.165, 1.54) is 43.5 Å². The molecule has 0 amide bonds. The van der Waals surface area contributed by atoms with Crippen LogP contribution in [0.3, 0.4) is 0 Å². The van der Waals surface area contributed by atoms with Crippen LogP contribution in [0.2, 0.25) is 0 Å². The van der Waals surface area contributed by atoms with Crippen molar-refractivity contribution in [3.63, 3.8) is 0 Å². The molecule has 92 valence electrons. The molecule has 1 saturated carbocycles. The molecule has 0 radical (unpaired) electrons. The summed E-state index contributed by atoms with van der Waals surface area (Å²) in [5.74, 6) is 0. The van der Waals surface area contributed by atoms with Crippen LogP contribution < -0.4 is 10.6 Å². The third-order valence-electron chi connectivity index (χ3n) is 4.27. The molecule has 2 aliphatic rings. The minimum Gasteiger partial charge on any atom is -0.368 e. The molecule has 0 atom stereocenters. The summed E-state index contributed by atoms with van der Waals surface area (Å²) >= 11 is 0. The molecular weight excluding hydrogens is 208 g/mol. The van der Waals surface area contributed by atoms with E-state index >= 15 is 0 Å². The van der Waals surface area contributed by atoms with Crippen molar-refractivity contribution >= 4 is 5.69 Å². The molecule has 2 nitrogen and oxygen atoms in total. The topological polar surface area (TPSA) is 29.3 Å². The van der Waals surface area contributed by atoms with Gasteiger partial charge in [-0.1, -0.05) is 12.1 Å². The SMILES string of the molecule is NCCCc1ccc2c(c1)N(C1CCC1)CC2. The van der Waals surface area contributed by atoms with E-state index in [-0.39, 0.29) is 0 Å². The van der Waals surface area contributed by atoms with Crippen molar-refractivity contribution in [3.8, 4) is 0 Å². The Morgan fingerprint density at radius 1 is 1.29 bits per heavy atom. The predicted octanol–water partition coefficient (Wildman–Crippen LogP) is 2.49. The van der Waals surface area contributed by atoms with Crippen LogP contribution in [0, 0.1) is 0 Å². The Balaban J connectivity index is 1.79. The van der Waals surface area contributed by atoms with Crippen LogP contribution in [-0.2, 0) is 12.8 Å². The molecule has 1 aliphatic carbocycles. The lowest BCUT2D eigenvalue weighted by Gasteiger charge is -2.36. The van der Waals surface area contributed by atoms with Gasteiger partial charge in [-0.15, -0.1) is 0 Å². The fourth-order valence-electron chi connectivity index (χ4n) is 2.99. The molecule has 1 aromatic rings. The number of hydrogen-bond donors (Lipinski definition) is 1. The second kappa shape index (κ2) is 4.69. The highest BCUT2D eigenvalue weighted by Gasteiger charge is 2.29. The first-order valence-electron chi connectivity index (χ1n) is 6.97. The quantitative estimate of drug-likeness (QED) is 0.861. The van der Waals surface area contributed by atoms with Gasteiger partial charge in [-0.05, 0) is 62.3 Å². The van der Waals surface area contributed by atoms with E-state index in [1.54, 1.807) is 5.56 Å². The summed E-state index contributed by atoms with van der Waals surface area (Å²) in [5, 5.41) is 0. The Morgan fingerprint density at radius 2 is 2.18 bits per heavy atom. The smallest absolute Gasteiger partial charge is 0.0404 e. The van der Waals surface area contributed by atoms with Gasteiger partial charge in [-0.3, -0.25) is 0 Å². The highest BCUT2D eigenvalue weighted by Crippen LogP contribution is 2.36. The second-order valence-electron chi connectivity index (χ2n) is 5.38. The Kier molecular flexibility index (Phi) is 3.06. The summed E-state index contributed by atoms with van der Waals surface area (Å²) in [6.45, 7) is 2.03. The van der Waals surface area contributed by atoms with E-state index in [2.05, 4.69) is 23.1 Å². The van der Waals surface area contributed by atoms with E-state index in [0.29, 0.717) is 0 Å². The predicted molar refractivity (Wildman–Crippen MR) is 72.5 cm³/mol. The number of rotatable bonds is 4. The molecule has 2 N–H and O–H groups in total. The van der Waals surface area contributed by atoms with Gasteiger partial charge in [0, 0.05) is 18.3 Å². The van der Waals surface area contributed by atoms with Gasteiger partial charge in [0.1, 0.15) is 0 Å². The highest BCUT2D eigenvalue weighted by molar-refractivity contribution is 5.60. The molecule has 0 bridgehead atoms. The third kappa shape index (κ3) is 2.06. The first-order chi connectivity index (χ1) is 8.38. The van der Waals surface area contributed by atoms with Crippen molar-refractivity contribution in [3.05, 3.63) is 29.3 Å². The maximum atomic E-state index is 5.58. The van der Waals surface area contributed by atoms with Gasteiger partial charge in [0.2, 0.25) is 0 Å². The third-order valence-corrected chi connectivity index (χ3v) is 4.27. The summed E-state index contributed by atoms with van der Waals surface area (Å²) in [6.07, 6.45) is 7.68. The molecule has 1 aromatic carbocycles. The van der Waals surface area contributed by atoms with Crippen LogP contribution in [0.4, 0.5) is 5.69 Å². The van der Waals surface area contributed by atoms with Crippen LogP contribution in [-0.4, -0.2) is 19.1 Å². The van der Waals surface area contributed by atoms with Crippen LogP contribution in [0.1, 0.15) is 36.8 Å². The largest absolute Gasteiger partial charge is 0.368 e. The van der Waals surface area contributed by atoms with Crippen LogP contribution in [0.5, 0.6) is 0 Å². The van der Waals surface area contributed by atoms with Gasteiger partial charge < -0.3 is 10.6 Å². The summed E-state index contributed by atoms with van der Waals surface area (Å²) < 4.78 is 0. The number of aryl methyl sites for hydroxylation is 1. The first-order valence-corrected chi connectivity index (χ1v) is 6.97. The summed E-state index contributed by atoms with van der Waals surface area (Å²) in [4.78, 5) is 2.64. The first kappa shape index (κ1) is 11.1. The normalized spacial score (nSPS) is 19.2. The number of benzene rings is 1. The Bertz CT molecular complexity index is 396. The van der Waals surface area contributed by atoms with Crippen molar-refractivity contribution in [1.29, 1.82) is 0 Å². The summed E-state index contributed by atoms with van der Waals surface area (Å²) in [5.41, 5.74) is 10.1. The van der Waals surface area contributed by atoms with Gasteiger partial charge in [-0.2, -0.15) is 0 Å². The lowest BCUT2D eigenvalue weighted by atomic mass is 9.91. The fourth-order valence-corrected chi connectivity index (χ4v) is 2.99. The molecule has 1 fully saturated rings. The van der Waals surface area contributed by atoms with Crippen molar-refractivity contribution < 1.29 is 0 Å². The van der Waals surface area contributed by atoms with E-state index < -0.39 is 0 Å². The number of nitrogens with zero attached hydrogens (tertiary/aromatic N) is 1. The van der Waals surface area contributed by atoms with E-state index in [9.17, 15) is 0 Å². The molecule has 0 unspecified atom stereocenters. The minimum absolute atomic E-state index is 0.795. The van der Waals surface area contributed by atoms with E-state index in [4.69, 9.17) is 5.73 Å². The molecule has 3 rings (SSSR count). The van der Waals surface area contributed by atoms with Gasteiger partial charge in [0.25, 0.3) is 0 Å². The summed E-state index contributed by atoms with van der Waals surface area (Å²) in [7, 11) is 0. The number of fused-ring (bicyclic) bond motifs is 1. The molecule has 0 saturated heterocycles. The Morgan fingerprint density at radius 3 is 2.88 bits per heavy atom. The molecule has 17 heavy (non-hydrogen) atoms. The number of nitrogens with two attached hydrogens (primary N) is 1. The highest BCUT2D eigenvalue weighted by atomic mass is 15.2. The fraction of sp³-hybridized carbons (Fsp3) is 0.600. The molecule has 1 heterocycles. The van der Waals surface area contributed by atoms with Gasteiger partial charge >= 0.3 is 0 Å². The zero-order chi connectivity index (χ0) is 11.7. The average Bonchev–Trinajstić information content (AvgIpc) is 2.68. The van der Waals surface area contributed by atoms with Crippen LogP contribution in [0.15, 0.2) is 18.2 Å². The number of anilines is 1. The van der Waals surface area contributed by atoms with Crippen LogP contribution in [0.25, 0.3) is 0 Å². The zero-order valence-electron chi connectivity index (χ0n) is 10.5. The lowest BCUT2D eigenvalue weighted by molar-refractivity contribution is 0.392. The molecule has 1 aliphatic heterocycles. The second-order valence-corrected chi connectivity index (χ2v) is 5.38. The van der Waals surface area contributed by atoms with Crippen molar-refractivity contribution in [2.45, 2.75) is 44.6 Å². The van der Waals surface area contributed by atoms with Crippen molar-refractivity contribution in [2.75, 3.05) is 18.0 Å². The average molecular weight is 230 g/mol. The van der Waals surface area contributed by atoms with Gasteiger partial charge in [-0.25, -0.2) is 0 Å². The monoisotopic (exact) mass is 230 g/mol. The van der Waals surface area contributed by atoms with E-state index in [0.717, 1.165) is 25.4 Å². The molecular formula is C15H22N2. The van der Waals surface area contributed by atoms with Crippen molar-refractivity contribution in [1.82, 2.24) is 0 Å². The Hall–Kier alpha value is -1.02. The minimum atomic E-state index is 0.795. The summed E-state index contributed by atoms with van der Waals surface area (Å²) in [6, 6.07) is 7.87. The number of hydrogen-bond acceptors (Lipinski definition) is 2. The Labute approximate surface area is 104 Å². The molecule has 0 spiro atoms. The maximum absolute atomic E-state index is 5.58. The standard InChI is InChI=1S/C15H22N2/c16-9-2-3-12-6-7-13-8-10-17(15(13)11-12)14-4-1-5-14/h6-7,11,14H,1-5,8-10,16H2.